The predicted molar refractivity (Wildman–Crippen MR) is 66.4 cm³/mol. The lowest BCUT2D eigenvalue weighted by Gasteiger charge is -2.42. The van der Waals surface area contributed by atoms with Crippen molar-refractivity contribution in [2.45, 2.75) is 29.7 Å². The Kier molecular flexibility index (Phi) is 2.94. The van der Waals surface area contributed by atoms with Crippen molar-refractivity contribution in [3.63, 3.8) is 0 Å². The van der Waals surface area contributed by atoms with Crippen LogP contribution in [0.1, 0.15) is 6.92 Å². The number of aliphatic hydroxyl groups excluding tert-OH is 1. The molecule has 2 N–H and O–H groups in total. The van der Waals surface area contributed by atoms with Gasteiger partial charge in [-0.05, 0) is 17.4 Å². The monoisotopic (exact) mass is 299 g/mol. The van der Waals surface area contributed by atoms with E-state index in [0.29, 0.717) is 0 Å². The van der Waals surface area contributed by atoms with Crippen LogP contribution in [0.5, 0.6) is 0 Å². The third-order valence-corrected chi connectivity index (χ3v) is 5.35. The van der Waals surface area contributed by atoms with E-state index >= 15 is 0 Å². The number of thioether (sulfide) groups is 1. The number of carboxylic acid groups (broad SMARTS) is 1. The molecule has 2 aliphatic rings. The molecule has 3 heterocycles. The van der Waals surface area contributed by atoms with E-state index in [1.165, 1.54) is 27.7 Å². The Bertz CT molecular complexity index is 550. The fraction of sp³-hybridized carbons (Fsp3) is 0.700. The number of carbonyl (C=O) groups is 2. The van der Waals surface area contributed by atoms with Crippen LogP contribution in [-0.2, 0) is 16.1 Å². The number of aliphatic hydroxyl groups is 1. The van der Waals surface area contributed by atoms with Gasteiger partial charge in [0.2, 0.25) is 5.91 Å². The number of hydrogen-bond acceptors (Lipinski definition) is 7. The van der Waals surface area contributed by atoms with Gasteiger partial charge >= 0.3 is 5.97 Å². The number of carboxylic acids is 1. The molecule has 3 rings (SSSR count). The van der Waals surface area contributed by atoms with Crippen molar-refractivity contribution < 1.29 is 19.8 Å². The maximum absolute atomic E-state index is 11.9. The lowest BCUT2D eigenvalue weighted by Crippen LogP contribution is -2.60. The van der Waals surface area contributed by atoms with Gasteiger partial charge in [-0.15, -0.1) is 16.9 Å². The van der Waals surface area contributed by atoms with Crippen LogP contribution in [0, 0.1) is 5.92 Å². The second-order valence-corrected chi connectivity index (χ2v) is 6.55. The van der Waals surface area contributed by atoms with Gasteiger partial charge in [-0.1, -0.05) is 0 Å². The van der Waals surface area contributed by atoms with E-state index in [1.54, 1.807) is 6.92 Å². The number of β-lactam (4-membered cyclic amide) rings is 1. The van der Waals surface area contributed by atoms with E-state index in [4.69, 9.17) is 0 Å². The quantitative estimate of drug-likeness (QED) is 0.638. The first-order chi connectivity index (χ1) is 9.44. The van der Waals surface area contributed by atoms with E-state index in [9.17, 15) is 19.8 Å². The number of carbonyl (C=O) groups excluding carboxylic acids is 1. The fourth-order valence-corrected chi connectivity index (χ4v) is 4.41. The molecular weight excluding hydrogens is 286 g/mol. The summed E-state index contributed by atoms with van der Waals surface area (Å²) in [5, 5.41) is 29.5. The molecule has 1 amide bonds. The summed E-state index contributed by atoms with van der Waals surface area (Å²) < 4.78 is 0.161. The molecule has 0 radical (unpaired) electrons. The molecular formula is C10H13N5O4S. The lowest BCUT2D eigenvalue weighted by molar-refractivity contribution is -0.156. The van der Waals surface area contributed by atoms with Crippen LogP contribution in [-0.4, -0.2) is 70.0 Å². The van der Waals surface area contributed by atoms with Gasteiger partial charge < -0.3 is 15.1 Å². The Morgan fingerprint density at radius 2 is 2.45 bits per heavy atom. The van der Waals surface area contributed by atoms with Crippen LogP contribution < -0.4 is 0 Å². The van der Waals surface area contributed by atoms with Crippen molar-refractivity contribution in [3.8, 4) is 0 Å². The summed E-state index contributed by atoms with van der Waals surface area (Å²) in [6.45, 7) is 1.72. The van der Waals surface area contributed by atoms with Gasteiger partial charge in [0.15, 0.2) is 4.75 Å². The molecule has 1 aromatic heterocycles. The van der Waals surface area contributed by atoms with Crippen molar-refractivity contribution in [3.05, 3.63) is 6.33 Å². The summed E-state index contributed by atoms with van der Waals surface area (Å²) >= 11 is 1.18. The molecule has 10 heteroatoms. The molecule has 0 bridgehead atoms. The molecule has 2 fully saturated rings. The number of hydrogen-bond donors (Lipinski definition) is 2. The normalized spacial score (nSPS) is 33.7. The van der Waals surface area contributed by atoms with E-state index in [2.05, 4.69) is 15.5 Å². The topological polar surface area (TPSA) is 121 Å². The molecule has 0 spiro atoms. The first kappa shape index (κ1) is 13.3. The first-order valence-electron chi connectivity index (χ1n) is 6.05. The molecule has 0 aliphatic carbocycles. The van der Waals surface area contributed by atoms with Crippen LogP contribution in [0.25, 0.3) is 0 Å². The number of fused-ring (bicyclic) bond motifs is 1. The van der Waals surface area contributed by atoms with Crippen LogP contribution >= 0.6 is 11.8 Å². The standard InChI is InChI=1S/C10H13N5O4S/c1-5(16)6-7(17)15-3-10(9(18)19,20-8(6)15)2-14-4-11-12-13-14/h4-6,8,16H,2-3H2,1H3,(H,18,19)/t5?,6-,8+,10?/m0/s1. The third-order valence-electron chi connectivity index (χ3n) is 3.67. The second-order valence-electron chi connectivity index (χ2n) is 5.05. The number of rotatable bonds is 4. The number of tetrazole rings is 1. The summed E-state index contributed by atoms with van der Waals surface area (Å²) in [5.74, 6) is -1.74. The van der Waals surface area contributed by atoms with Crippen molar-refractivity contribution in [2.75, 3.05) is 6.54 Å². The Morgan fingerprint density at radius 3 is 3.00 bits per heavy atom. The number of aromatic nitrogens is 4. The Morgan fingerprint density at radius 1 is 1.70 bits per heavy atom. The summed E-state index contributed by atoms with van der Waals surface area (Å²) in [5.41, 5.74) is 0. The van der Waals surface area contributed by atoms with Crippen LogP contribution in [0.3, 0.4) is 0 Å². The zero-order valence-corrected chi connectivity index (χ0v) is 11.4. The molecule has 108 valence electrons. The van der Waals surface area contributed by atoms with Crippen LogP contribution in [0.2, 0.25) is 0 Å². The van der Waals surface area contributed by atoms with Crippen LogP contribution in [0.4, 0.5) is 0 Å². The summed E-state index contributed by atoms with van der Waals surface area (Å²) in [6.07, 6.45) is 0.559. The van der Waals surface area contributed by atoms with Gasteiger partial charge in [-0.2, -0.15) is 0 Å². The highest BCUT2D eigenvalue weighted by molar-refractivity contribution is 8.02. The molecule has 4 atom stereocenters. The average Bonchev–Trinajstić information content (AvgIpc) is 2.96. The van der Waals surface area contributed by atoms with Gasteiger partial charge in [-0.3, -0.25) is 9.59 Å². The van der Waals surface area contributed by atoms with Crippen molar-refractivity contribution in [2.24, 2.45) is 5.92 Å². The minimum atomic E-state index is -1.18. The van der Waals surface area contributed by atoms with Gasteiger partial charge in [-0.25, -0.2) is 4.68 Å². The van der Waals surface area contributed by atoms with Crippen molar-refractivity contribution in [1.29, 1.82) is 0 Å². The van der Waals surface area contributed by atoms with Gasteiger partial charge in [0, 0.05) is 6.54 Å². The third kappa shape index (κ3) is 1.79. The van der Waals surface area contributed by atoms with E-state index in [0.717, 1.165) is 0 Å². The van der Waals surface area contributed by atoms with Crippen LogP contribution in [0.15, 0.2) is 6.33 Å². The molecule has 20 heavy (non-hydrogen) atoms. The zero-order valence-electron chi connectivity index (χ0n) is 10.6. The minimum Gasteiger partial charge on any atom is -0.480 e. The van der Waals surface area contributed by atoms with Crippen molar-refractivity contribution in [1.82, 2.24) is 25.1 Å². The molecule has 9 nitrogen and oxygen atoms in total. The predicted octanol–water partition coefficient (Wildman–Crippen LogP) is -1.59. The Hall–Kier alpha value is -1.68. The molecule has 2 aliphatic heterocycles. The Balaban J connectivity index is 1.84. The summed E-state index contributed by atoms with van der Waals surface area (Å²) in [7, 11) is 0. The fourth-order valence-electron chi connectivity index (χ4n) is 2.63. The minimum absolute atomic E-state index is 0.0762. The Labute approximate surface area is 117 Å². The maximum Gasteiger partial charge on any atom is 0.323 e. The van der Waals surface area contributed by atoms with Crippen molar-refractivity contribution >= 4 is 23.6 Å². The molecule has 2 saturated heterocycles. The first-order valence-corrected chi connectivity index (χ1v) is 6.93. The van der Waals surface area contributed by atoms with Gasteiger partial charge in [0.1, 0.15) is 6.33 Å². The molecule has 1 aromatic rings. The lowest BCUT2D eigenvalue weighted by atomic mass is 9.92. The molecule has 2 unspecified atom stereocenters. The largest absolute Gasteiger partial charge is 0.480 e. The van der Waals surface area contributed by atoms with Gasteiger partial charge in [0.05, 0.1) is 23.9 Å². The average molecular weight is 299 g/mol. The summed E-state index contributed by atoms with van der Waals surface area (Å²) in [6, 6.07) is 0. The SMILES string of the molecule is CC(O)[C@H]1C(=O)N2CC(Cn3cnnn3)(C(=O)O)S[C@H]12. The molecule has 0 aromatic carbocycles. The zero-order chi connectivity index (χ0) is 14.5. The van der Waals surface area contributed by atoms with E-state index in [-0.39, 0.29) is 24.4 Å². The molecule has 0 saturated carbocycles. The van der Waals surface area contributed by atoms with E-state index in [1.807, 2.05) is 0 Å². The highest BCUT2D eigenvalue weighted by Crippen LogP contribution is 2.51. The van der Waals surface area contributed by atoms with E-state index < -0.39 is 22.7 Å². The maximum atomic E-state index is 11.9. The number of amides is 1. The second kappa shape index (κ2) is 4.42. The highest BCUT2D eigenvalue weighted by Gasteiger charge is 2.63. The smallest absolute Gasteiger partial charge is 0.323 e. The summed E-state index contributed by atoms with van der Waals surface area (Å²) in [4.78, 5) is 25.1. The highest BCUT2D eigenvalue weighted by atomic mass is 32.2. The number of nitrogens with zero attached hydrogens (tertiary/aromatic N) is 5. The number of aliphatic carboxylic acids is 1. The van der Waals surface area contributed by atoms with Gasteiger partial charge in [0.25, 0.3) is 0 Å².